The minimum Gasteiger partial charge on any atom is -0.379 e. The first-order valence-corrected chi connectivity index (χ1v) is 10.5. The number of carbonyl (C=O) groups excluding carboxylic acids is 2. The van der Waals surface area contributed by atoms with Crippen LogP contribution in [0.15, 0.2) is 53.0 Å². The number of carbonyl (C=O) groups is 2. The zero-order chi connectivity index (χ0) is 21.3. The molecule has 1 fully saturated rings. The van der Waals surface area contributed by atoms with Crippen LogP contribution in [-0.2, 0) is 14.3 Å². The number of amides is 2. The number of nitrogens with two attached hydrogens (primary N) is 1. The molecule has 1 aliphatic rings. The number of rotatable bonds is 8. The molecule has 8 nitrogen and oxygen atoms in total. The first kappa shape index (κ1) is 22.4. The molecule has 9 heteroatoms. The molecule has 2 amide bonds. The van der Waals surface area contributed by atoms with E-state index in [9.17, 15) is 9.59 Å². The molecule has 1 atom stereocenters. The third kappa shape index (κ3) is 6.35. The lowest BCUT2D eigenvalue weighted by Gasteiger charge is -2.27. The molecule has 1 saturated heterocycles. The van der Waals surface area contributed by atoms with Crippen LogP contribution < -0.4 is 21.9 Å². The average molecular weight is 476 g/mol. The first-order valence-electron chi connectivity index (χ1n) is 9.74. The van der Waals surface area contributed by atoms with Crippen LogP contribution in [0, 0.1) is 0 Å². The lowest BCUT2D eigenvalue weighted by molar-refractivity contribution is -0.120. The summed E-state index contributed by atoms with van der Waals surface area (Å²) < 4.78 is 6.21. The summed E-state index contributed by atoms with van der Waals surface area (Å²) in [5.74, 6) is 4.81. The van der Waals surface area contributed by atoms with Crippen molar-refractivity contribution in [3.8, 4) is 0 Å². The summed E-state index contributed by atoms with van der Waals surface area (Å²) in [4.78, 5) is 26.5. The van der Waals surface area contributed by atoms with E-state index in [1.807, 2.05) is 48.5 Å². The SMILES string of the molecule is NNC(=O)CN[C@@H](c1ccccc1)c1cc(Br)ccc1NC(=O)CN1CCOCC1. The Kier molecular flexibility index (Phi) is 8.35. The number of halogens is 1. The van der Waals surface area contributed by atoms with Crippen molar-refractivity contribution in [2.24, 2.45) is 5.84 Å². The summed E-state index contributed by atoms with van der Waals surface area (Å²) in [6.07, 6.45) is 0. The quantitative estimate of drug-likeness (QED) is 0.261. The van der Waals surface area contributed by atoms with Gasteiger partial charge in [0.05, 0.1) is 32.3 Å². The summed E-state index contributed by atoms with van der Waals surface area (Å²) in [6.45, 7) is 3.09. The Bertz CT molecular complexity index is 859. The second-order valence-electron chi connectivity index (χ2n) is 6.96. The van der Waals surface area contributed by atoms with Gasteiger partial charge in [0.1, 0.15) is 0 Å². The van der Waals surface area contributed by atoms with E-state index in [0.29, 0.717) is 25.4 Å². The monoisotopic (exact) mass is 475 g/mol. The third-order valence-corrected chi connectivity index (χ3v) is 5.32. The molecule has 5 N–H and O–H groups in total. The van der Waals surface area contributed by atoms with Crippen molar-refractivity contribution in [1.29, 1.82) is 0 Å². The molecule has 1 heterocycles. The molecule has 2 aromatic carbocycles. The van der Waals surface area contributed by atoms with Crippen LogP contribution in [0.1, 0.15) is 17.2 Å². The molecule has 0 bridgehead atoms. The minimum absolute atomic E-state index is 0.0315. The van der Waals surface area contributed by atoms with Gasteiger partial charge in [-0.2, -0.15) is 0 Å². The molecule has 0 aliphatic carbocycles. The second kappa shape index (κ2) is 11.2. The molecule has 3 rings (SSSR count). The molecular formula is C21H26BrN5O3. The number of nitrogens with one attached hydrogen (secondary N) is 3. The fraction of sp³-hybridized carbons (Fsp3) is 0.333. The number of benzene rings is 2. The van der Waals surface area contributed by atoms with E-state index < -0.39 is 0 Å². The van der Waals surface area contributed by atoms with Crippen molar-refractivity contribution in [2.75, 3.05) is 44.7 Å². The molecule has 2 aromatic rings. The summed E-state index contributed by atoms with van der Waals surface area (Å²) >= 11 is 3.51. The predicted octanol–water partition coefficient (Wildman–Crippen LogP) is 1.39. The normalized spacial score (nSPS) is 15.4. The predicted molar refractivity (Wildman–Crippen MR) is 119 cm³/mol. The third-order valence-electron chi connectivity index (χ3n) is 4.83. The molecule has 0 saturated carbocycles. The molecule has 0 unspecified atom stereocenters. The zero-order valence-corrected chi connectivity index (χ0v) is 18.2. The van der Waals surface area contributed by atoms with Crippen LogP contribution in [0.25, 0.3) is 0 Å². The van der Waals surface area contributed by atoms with E-state index in [0.717, 1.165) is 28.7 Å². The molecule has 160 valence electrons. The van der Waals surface area contributed by atoms with Gasteiger partial charge in [-0.1, -0.05) is 46.3 Å². The number of hydrogen-bond acceptors (Lipinski definition) is 6. The molecular weight excluding hydrogens is 450 g/mol. The second-order valence-corrected chi connectivity index (χ2v) is 7.88. The highest BCUT2D eigenvalue weighted by Crippen LogP contribution is 2.31. The lowest BCUT2D eigenvalue weighted by Crippen LogP contribution is -2.41. The van der Waals surface area contributed by atoms with Gasteiger partial charge in [0, 0.05) is 23.2 Å². The number of hydrazine groups is 1. The number of nitrogens with zero attached hydrogens (tertiary/aromatic N) is 1. The Morgan fingerprint density at radius 1 is 1.10 bits per heavy atom. The van der Waals surface area contributed by atoms with Crippen LogP contribution >= 0.6 is 15.9 Å². The van der Waals surface area contributed by atoms with Gasteiger partial charge in [0.15, 0.2) is 0 Å². The summed E-state index contributed by atoms with van der Waals surface area (Å²) in [5.41, 5.74) is 4.62. The lowest BCUT2D eigenvalue weighted by atomic mass is 9.97. The van der Waals surface area contributed by atoms with Crippen LogP contribution in [0.5, 0.6) is 0 Å². The number of anilines is 1. The van der Waals surface area contributed by atoms with Gasteiger partial charge >= 0.3 is 0 Å². The Hall–Kier alpha value is -2.30. The highest BCUT2D eigenvalue weighted by molar-refractivity contribution is 9.10. The fourth-order valence-electron chi connectivity index (χ4n) is 3.34. The van der Waals surface area contributed by atoms with Gasteiger partial charge < -0.3 is 10.1 Å². The van der Waals surface area contributed by atoms with Gasteiger partial charge in [-0.15, -0.1) is 0 Å². The maximum atomic E-state index is 12.7. The van der Waals surface area contributed by atoms with Gasteiger partial charge in [-0.05, 0) is 29.3 Å². The Morgan fingerprint density at radius 2 is 1.83 bits per heavy atom. The number of hydrogen-bond donors (Lipinski definition) is 4. The van der Waals surface area contributed by atoms with Crippen molar-refractivity contribution >= 4 is 33.4 Å². The van der Waals surface area contributed by atoms with E-state index in [1.165, 1.54) is 0 Å². The van der Waals surface area contributed by atoms with Crippen LogP contribution in [0.3, 0.4) is 0 Å². The first-order chi connectivity index (χ1) is 14.6. The van der Waals surface area contributed by atoms with E-state index >= 15 is 0 Å². The van der Waals surface area contributed by atoms with E-state index in [1.54, 1.807) is 0 Å². The molecule has 0 aromatic heterocycles. The maximum absolute atomic E-state index is 12.7. The van der Waals surface area contributed by atoms with Gasteiger partial charge in [-0.25, -0.2) is 5.84 Å². The number of morpholine rings is 1. The highest BCUT2D eigenvalue weighted by atomic mass is 79.9. The number of ether oxygens (including phenoxy) is 1. The topological polar surface area (TPSA) is 109 Å². The zero-order valence-electron chi connectivity index (χ0n) is 16.6. The van der Waals surface area contributed by atoms with Gasteiger partial charge in [0.2, 0.25) is 11.8 Å². The molecule has 0 spiro atoms. The van der Waals surface area contributed by atoms with Crippen molar-refractivity contribution < 1.29 is 14.3 Å². The maximum Gasteiger partial charge on any atom is 0.247 e. The van der Waals surface area contributed by atoms with Crippen molar-refractivity contribution in [3.05, 3.63) is 64.1 Å². The molecule has 0 radical (unpaired) electrons. The van der Waals surface area contributed by atoms with Gasteiger partial charge in [0.25, 0.3) is 0 Å². The van der Waals surface area contributed by atoms with E-state index in [-0.39, 0.29) is 24.4 Å². The average Bonchev–Trinajstić information content (AvgIpc) is 2.77. The van der Waals surface area contributed by atoms with Crippen LogP contribution in [0.2, 0.25) is 0 Å². The van der Waals surface area contributed by atoms with Crippen LogP contribution in [0.4, 0.5) is 5.69 Å². The van der Waals surface area contributed by atoms with Crippen molar-refractivity contribution in [1.82, 2.24) is 15.6 Å². The highest BCUT2D eigenvalue weighted by Gasteiger charge is 2.21. The van der Waals surface area contributed by atoms with Crippen molar-refractivity contribution in [3.63, 3.8) is 0 Å². The Balaban J connectivity index is 1.84. The standard InChI is InChI=1S/C21H26BrN5O3/c22-16-6-7-18(25-20(29)14-27-8-10-30-11-9-27)17(12-16)21(24-13-19(28)26-23)15-4-2-1-3-5-15/h1-7,12,21,24H,8-11,13-14,23H2,(H,25,29)(H,26,28)/t21-/m0/s1. The van der Waals surface area contributed by atoms with Crippen molar-refractivity contribution in [2.45, 2.75) is 6.04 Å². The van der Waals surface area contributed by atoms with Gasteiger partial charge in [-0.3, -0.25) is 25.2 Å². The molecule has 1 aliphatic heterocycles. The smallest absolute Gasteiger partial charge is 0.247 e. The summed E-state index contributed by atoms with van der Waals surface area (Å²) in [6, 6.07) is 15.1. The Morgan fingerprint density at radius 3 is 2.53 bits per heavy atom. The summed E-state index contributed by atoms with van der Waals surface area (Å²) in [5, 5.41) is 6.26. The van der Waals surface area contributed by atoms with E-state index in [2.05, 4.69) is 36.9 Å². The largest absolute Gasteiger partial charge is 0.379 e. The minimum atomic E-state index is -0.330. The van der Waals surface area contributed by atoms with Crippen LogP contribution in [-0.4, -0.2) is 56.1 Å². The summed E-state index contributed by atoms with van der Waals surface area (Å²) in [7, 11) is 0. The Labute approximate surface area is 184 Å². The fourth-order valence-corrected chi connectivity index (χ4v) is 3.72. The molecule has 30 heavy (non-hydrogen) atoms. The van der Waals surface area contributed by atoms with E-state index in [4.69, 9.17) is 10.6 Å².